The molecular weight excluding hydrogens is 331 g/mol. The monoisotopic (exact) mass is 335 g/mol. The number of halogens is 4. The Morgan fingerprint density at radius 2 is 1.90 bits per heavy atom. The van der Waals surface area contributed by atoms with E-state index < -0.39 is 42.4 Å². The SMILES string of the molecule is COc1ccc([N+](=O)[O-])c(OC(F)(F)F)c1S(=O)(=O)Cl. The number of ether oxygens (including phenoxy) is 2. The number of hydrogen-bond donors (Lipinski definition) is 0. The van der Waals surface area contributed by atoms with Gasteiger partial charge in [-0.3, -0.25) is 10.1 Å². The van der Waals surface area contributed by atoms with Gasteiger partial charge in [0, 0.05) is 16.7 Å². The van der Waals surface area contributed by atoms with Crippen LogP contribution in [0.3, 0.4) is 0 Å². The van der Waals surface area contributed by atoms with Crippen LogP contribution in [-0.2, 0) is 9.05 Å². The Morgan fingerprint density at radius 3 is 2.25 bits per heavy atom. The molecule has 1 rings (SSSR count). The lowest BCUT2D eigenvalue weighted by Gasteiger charge is -2.14. The van der Waals surface area contributed by atoms with E-state index in [0.717, 1.165) is 13.2 Å². The summed E-state index contributed by atoms with van der Waals surface area (Å²) < 4.78 is 67.4. The van der Waals surface area contributed by atoms with Crippen LogP contribution in [0.5, 0.6) is 11.5 Å². The highest BCUT2D eigenvalue weighted by Gasteiger charge is 2.40. The van der Waals surface area contributed by atoms with Gasteiger partial charge in [0.05, 0.1) is 12.0 Å². The molecule has 0 atom stereocenters. The maximum Gasteiger partial charge on any atom is 0.573 e. The average molecular weight is 336 g/mol. The summed E-state index contributed by atoms with van der Waals surface area (Å²) >= 11 is 0. The molecule has 7 nitrogen and oxygen atoms in total. The second-order valence-electron chi connectivity index (χ2n) is 3.19. The molecule has 0 N–H and O–H groups in total. The fourth-order valence-corrected chi connectivity index (χ4v) is 2.48. The Morgan fingerprint density at radius 1 is 1.35 bits per heavy atom. The minimum atomic E-state index is -5.35. The molecule has 0 aliphatic heterocycles. The molecule has 112 valence electrons. The Hall–Kier alpha value is -1.75. The third kappa shape index (κ3) is 3.63. The van der Waals surface area contributed by atoms with Crippen LogP contribution in [0.15, 0.2) is 17.0 Å². The summed E-state index contributed by atoms with van der Waals surface area (Å²) in [6.45, 7) is 0. The molecular formula is C8H5ClF3NO6S. The number of nitrogens with zero attached hydrogens (tertiary/aromatic N) is 1. The largest absolute Gasteiger partial charge is 0.573 e. The molecule has 0 saturated heterocycles. The van der Waals surface area contributed by atoms with Gasteiger partial charge in [0.2, 0.25) is 5.75 Å². The highest BCUT2D eigenvalue weighted by atomic mass is 35.7. The zero-order valence-corrected chi connectivity index (χ0v) is 11.0. The smallest absolute Gasteiger partial charge is 0.495 e. The minimum absolute atomic E-state index is 0.603. The standard InChI is InChI=1S/C8H5ClF3NO6S/c1-18-5-3-2-4(13(14)15)6(19-8(10,11)12)7(5)20(9,16)17/h2-3H,1H3. The van der Waals surface area contributed by atoms with Gasteiger partial charge in [-0.05, 0) is 6.07 Å². The molecule has 0 unspecified atom stereocenters. The van der Waals surface area contributed by atoms with Crippen molar-refractivity contribution < 1.29 is 36.0 Å². The Balaban J connectivity index is 3.75. The minimum Gasteiger partial charge on any atom is -0.495 e. The van der Waals surface area contributed by atoms with Gasteiger partial charge >= 0.3 is 12.0 Å². The molecule has 0 bridgehead atoms. The van der Waals surface area contributed by atoms with Gasteiger partial charge in [-0.25, -0.2) is 8.42 Å². The van der Waals surface area contributed by atoms with E-state index in [1.54, 1.807) is 0 Å². The molecule has 0 saturated carbocycles. The molecule has 20 heavy (non-hydrogen) atoms. The first-order chi connectivity index (χ1) is 8.97. The van der Waals surface area contributed by atoms with E-state index in [2.05, 4.69) is 9.47 Å². The Bertz CT molecular complexity index is 644. The van der Waals surface area contributed by atoms with E-state index in [1.807, 2.05) is 0 Å². The first kappa shape index (κ1) is 16.3. The fourth-order valence-electron chi connectivity index (χ4n) is 1.28. The van der Waals surface area contributed by atoms with Gasteiger partial charge in [-0.2, -0.15) is 0 Å². The summed E-state index contributed by atoms with van der Waals surface area (Å²) in [5, 5.41) is 10.7. The van der Waals surface area contributed by atoms with E-state index in [1.165, 1.54) is 0 Å². The van der Waals surface area contributed by atoms with Crippen molar-refractivity contribution in [2.24, 2.45) is 0 Å². The van der Waals surface area contributed by atoms with Gasteiger partial charge in [0.25, 0.3) is 9.05 Å². The van der Waals surface area contributed by atoms with Crippen LogP contribution in [0.1, 0.15) is 0 Å². The molecule has 0 aliphatic carbocycles. The van der Waals surface area contributed by atoms with E-state index in [0.29, 0.717) is 6.07 Å². The highest BCUT2D eigenvalue weighted by molar-refractivity contribution is 8.14. The van der Waals surface area contributed by atoms with Gasteiger partial charge < -0.3 is 9.47 Å². The fraction of sp³-hybridized carbons (Fsp3) is 0.250. The average Bonchev–Trinajstić information content (AvgIpc) is 2.23. The summed E-state index contributed by atoms with van der Waals surface area (Å²) in [6, 6.07) is 1.39. The molecule has 12 heteroatoms. The van der Waals surface area contributed by atoms with Crippen molar-refractivity contribution in [3.05, 3.63) is 22.2 Å². The van der Waals surface area contributed by atoms with Crippen molar-refractivity contribution in [1.29, 1.82) is 0 Å². The number of nitro groups is 1. The molecule has 0 radical (unpaired) electrons. The predicted molar refractivity (Wildman–Crippen MR) is 59.4 cm³/mol. The zero-order valence-electron chi connectivity index (χ0n) is 9.47. The van der Waals surface area contributed by atoms with E-state index >= 15 is 0 Å². The summed E-state index contributed by atoms with van der Waals surface area (Å²) in [7, 11) is 1.14. The second-order valence-corrected chi connectivity index (χ2v) is 5.69. The maximum atomic E-state index is 12.3. The number of nitro benzene ring substituents is 1. The zero-order chi connectivity index (χ0) is 15.7. The lowest BCUT2D eigenvalue weighted by Crippen LogP contribution is -2.19. The number of methoxy groups -OCH3 is 1. The first-order valence-electron chi connectivity index (χ1n) is 4.53. The van der Waals surface area contributed by atoms with Gasteiger partial charge in [-0.15, -0.1) is 13.2 Å². The molecule has 0 heterocycles. The van der Waals surface area contributed by atoms with E-state index in [-0.39, 0.29) is 0 Å². The van der Waals surface area contributed by atoms with Crippen molar-refractivity contribution >= 4 is 25.4 Å². The quantitative estimate of drug-likeness (QED) is 0.476. The summed E-state index contributed by atoms with van der Waals surface area (Å²) in [4.78, 5) is 8.15. The number of rotatable bonds is 4. The highest BCUT2D eigenvalue weighted by Crippen LogP contribution is 2.44. The molecule has 0 amide bonds. The summed E-state index contributed by atoms with van der Waals surface area (Å²) in [6.07, 6.45) is -5.35. The third-order valence-corrected chi connectivity index (χ3v) is 3.27. The number of benzene rings is 1. The van der Waals surface area contributed by atoms with Gasteiger partial charge in [0.15, 0.2) is 4.90 Å². The van der Waals surface area contributed by atoms with Gasteiger partial charge in [0.1, 0.15) is 5.75 Å². The van der Waals surface area contributed by atoms with Crippen molar-refractivity contribution in [3.63, 3.8) is 0 Å². The number of hydrogen-bond acceptors (Lipinski definition) is 6. The molecule has 1 aromatic rings. The van der Waals surface area contributed by atoms with E-state index in [4.69, 9.17) is 10.7 Å². The predicted octanol–water partition coefficient (Wildman–Crippen LogP) is 2.43. The molecule has 0 fully saturated rings. The van der Waals surface area contributed by atoms with Crippen LogP contribution in [0.4, 0.5) is 18.9 Å². The normalized spacial score (nSPS) is 12.1. The Labute approximate surface area is 114 Å². The summed E-state index contributed by atoms with van der Waals surface area (Å²) in [5.74, 6) is -2.18. The van der Waals surface area contributed by atoms with Crippen LogP contribution < -0.4 is 9.47 Å². The first-order valence-corrected chi connectivity index (χ1v) is 6.84. The molecule has 0 aromatic heterocycles. The second kappa shape index (κ2) is 5.32. The van der Waals surface area contributed by atoms with Crippen molar-refractivity contribution in [1.82, 2.24) is 0 Å². The lowest BCUT2D eigenvalue weighted by atomic mass is 10.3. The Kier molecular flexibility index (Phi) is 4.34. The van der Waals surface area contributed by atoms with Crippen molar-refractivity contribution in [2.75, 3.05) is 7.11 Å². The molecule has 1 aromatic carbocycles. The maximum absolute atomic E-state index is 12.3. The van der Waals surface area contributed by atoms with Gasteiger partial charge in [-0.1, -0.05) is 0 Å². The third-order valence-electron chi connectivity index (χ3n) is 1.93. The van der Waals surface area contributed by atoms with Crippen LogP contribution in [0.2, 0.25) is 0 Å². The number of alkyl halides is 3. The molecule has 0 aliphatic rings. The lowest BCUT2D eigenvalue weighted by molar-refractivity contribution is -0.389. The van der Waals surface area contributed by atoms with Crippen LogP contribution in [-0.4, -0.2) is 26.8 Å². The van der Waals surface area contributed by atoms with Crippen molar-refractivity contribution in [2.45, 2.75) is 11.3 Å². The summed E-state index contributed by atoms with van der Waals surface area (Å²) in [5.41, 5.74) is -1.22. The van der Waals surface area contributed by atoms with Crippen LogP contribution in [0, 0.1) is 10.1 Å². The van der Waals surface area contributed by atoms with Crippen LogP contribution in [0.25, 0.3) is 0 Å². The van der Waals surface area contributed by atoms with E-state index in [9.17, 15) is 31.7 Å². The van der Waals surface area contributed by atoms with Crippen molar-refractivity contribution in [3.8, 4) is 11.5 Å². The molecule has 0 spiro atoms. The van der Waals surface area contributed by atoms with Crippen LogP contribution >= 0.6 is 10.7 Å². The topological polar surface area (TPSA) is 95.7 Å².